The summed E-state index contributed by atoms with van der Waals surface area (Å²) < 4.78 is 11.4. The topological polar surface area (TPSA) is 59.7 Å². The van der Waals surface area contributed by atoms with Crippen molar-refractivity contribution in [3.05, 3.63) is 23.7 Å². The van der Waals surface area contributed by atoms with Gasteiger partial charge in [0.1, 0.15) is 5.76 Å². The lowest BCUT2D eigenvalue weighted by molar-refractivity contribution is -0.167. The highest BCUT2D eigenvalue weighted by Crippen LogP contribution is 2.72. The summed E-state index contributed by atoms with van der Waals surface area (Å²) >= 11 is 0. The maximum absolute atomic E-state index is 12.1. The second-order valence-electron chi connectivity index (χ2n) is 9.37. The molecule has 3 fully saturated rings. The number of ether oxygens (including phenoxy) is 1. The zero-order chi connectivity index (χ0) is 17.4. The van der Waals surface area contributed by atoms with Gasteiger partial charge in [0, 0.05) is 13.5 Å². The van der Waals surface area contributed by atoms with Crippen molar-refractivity contribution in [3.8, 4) is 0 Å². The van der Waals surface area contributed by atoms with Crippen LogP contribution >= 0.6 is 0 Å². The molecule has 1 spiro atoms. The van der Waals surface area contributed by atoms with E-state index in [2.05, 4.69) is 13.0 Å². The van der Waals surface area contributed by atoms with Crippen molar-refractivity contribution < 1.29 is 19.1 Å². The van der Waals surface area contributed by atoms with Crippen molar-refractivity contribution in [2.75, 3.05) is 7.11 Å². The molecule has 0 aromatic carbocycles. The Labute approximate surface area is 148 Å². The SMILES string of the molecule is CO[C@]1(C(=O)O)C[C@@]23CC[C@@H]4c5ccoc5CC[C@@]4(C)[C@@H]2CC[C@@H]1C3. The fourth-order valence-corrected chi connectivity index (χ4v) is 7.75. The third kappa shape index (κ3) is 1.79. The number of aliphatic carboxylic acids is 1. The van der Waals surface area contributed by atoms with Crippen molar-refractivity contribution in [3.63, 3.8) is 0 Å². The molecule has 0 aliphatic heterocycles. The van der Waals surface area contributed by atoms with Crippen LogP contribution in [0, 0.1) is 22.7 Å². The fourth-order valence-electron chi connectivity index (χ4n) is 7.75. The van der Waals surface area contributed by atoms with Crippen LogP contribution in [-0.4, -0.2) is 23.8 Å². The van der Waals surface area contributed by atoms with Crippen LogP contribution in [0.25, 0.3) is 0 Å². The molecular formula is C21H28O4. The maximum Gasteiger partial charge on any atom is 0.336 e. The minimum atomic E-state index is -0.951. The van der Waals surface area contributed by atoms with Gasteiger partial charge in [-0.15, -0.1) is 0 Å². The number of hydrogen-bond acceptors (Lipinski definition) is 3. The molecule has 25 heavy (non-hydrogen) atoms. The molecule has 3 saturated carbocycles. The molecular weight excluding hydrogens is 316 g/mol. The summed E-state index contributed by atoms with van der Waals surface area (Å²) in [6, 6.07) is 2.19. The average molecular weight is 344 g/mol. The Morgan fingerprint density at radius 1 is 1.32 bits per heavy atom. The predicted octanol–water partition coefficient (Wildman–Crippen LogP) is 4.39. The lowest BCUT2D eigenvalue weighted by Gasteiger charge is -2.59. The number of aryl methyl sites for hydroxylation is 1. The maximum atomic E-state index is 12.1. The first-order valence-corrected chi connectivity index (χ1v) is 9.80. The predicted molar refractivity (Wildman–Crippen MR) is 92.4 cm³/mol. The van der Waals surface area contributed by atoms with Crippen molar-refractivity contribution >= 4 is 5.97 Å². The molecule has 1 aromatic heterocycles. The number of rotatable bonds is 2. The van der Waals surface area contributed by atoms with E-state index in [4.69, 9.17) is 9.15 Å². The summed E-state index contributed by atoms with van der Waals surface area (Å²) in [4.78, 5) is 12.1. The minimum absolute atomic E-state index is 0.157. The molecule has 4 nitrogen and oxygen atoms in total. The third-order valence-electron chi connectivity index (χ3n) is 8.77. The molecule has 136 valence electrons. The molecule has 1 heterocycles. The highest BCUT2D eigenvalue weighted by Gasteiger charge is 2.68. The lowest BCUT2D eigenvalue weighted by Crippen LogP contribution is -2.51. The zero-order valence-corrected chi connectivity index (χ0v) is 15.2. The number of carboxylic acid groups (broad SMARTS) is 1. The summed E-state index contributed by atoms with van der Waals surface area (Å²) in [5, 5.41) is 9.96. The molecule has 6 atom stereocenters. The quantitative estimate of drug-likeness (QED) is 0.864. The summed E-state index contributed by atoms with van der Waals surface area (Å²) in [5.74, 6) is 1.80. The van der Waals surface area contributed by atoms with Gasteiger partial charge in [0.05, 0.1) is 6.26 Å². The van der Waals surface area contributed by atoms with Gasteiger partial charge >= 0.3 is 5.97 Å². The van der Waals surface area contributed by atoms with Gasteiger partial charge in [-0.1, -0.05) is 6.92 Å². The van der Waals surface area contributed by atoms with Gasteiger partial charge in [-0.25, -0.2) is 4.79 Å². The molecule has 1 N–H and O–H groups in total. The zero-order valence-electron chi connectivity index (χ0n) is 15.2. The monoisotopic (exact) mass is 344 g/mol. The molecule has 0 amide bonds. The smallest absolute Gasteiger partial charge is 0.336 e. The number of carbonyl (C=O) groups is 1. The van der Waals surface area contributed by atoms with E-state index >= 15 is 0 Å². The first-order chi connectivity index (χ1) is 12.0. The Balaban J connectivity index is 1.56. The highest BCUT2D eigenvalue weighted by molar-refractivity contribution is 5.79. The van der Waals surface area contributed by atoms with E-state index in [0.29, 0.717) is 18.3 Å². The van der Waals surface area contributed by atoms with Crippen LogP contribution in [0.3, 0.4) is 0 Å². The largest absolute Gasteiger partial charge is 0.479 e. The molecule has 0 saturated heterocycles. The standard InChI is InChI=1S/C21H28O4/c1-19-8-6-16-14(7-10-25-16)15(19)5-9-20-11-13(3-4-17(19)20)21(12-20,24-2)18(22)23/h7,10,13,15,17H,3-6,8-9,11-12H2,1-2H3,(H,22,23)/t13-,15-,17+,19-,20+,21-/m1/s1. The molecule has 5 rings (SSSR count). The van der Waals surface area contributed by atoms with Crippen LogP contribution in [0.2, 0.25) is 0 Å². The van der Waals surface area contributed by atoms with Gasteiger partial charge in [-0.2, -0.15) is 0 Å². The van der Waals surface area contributed by atoms with Gasteiger partial charge < -0.3 is 14.3 Å². The summed E-state index contributed by atoms with van der Waals surface area (Å²) in [7, 11) is 1.60. The van der Waals surface area contributed by atoms with Gasteiger partial charge in [0.15, 0.2) is 5.60 Å². The first-order valence-electron chi connectivity index (χ1n) is 9.80. The molecule has 4 heteroatoms. The number of hydrogen-bond donors (Lipinski definition) is 1. The average Bonchev–Trinajstić information content (AvgIpc) is 3.15. The van der Waals surface area contributed by atoms with Gasteiger partial charge in [-0.05, 0) is 85.2 Å². The Morgan fingerprint density at radius 3 is 2.92 bits per heavy atom. The van der Waals surface area contributed by atoms with E-state index in [0.717, 1.165) is 38.5 Å². The van der Waals surface area contributed by atoms with E-state index in [1.54, 1.807) is 7.11 Å². The van der Waals surface area contributed by atoms with Crippen LogP contribution in [0.15, 0.2) is 16.7 Å². The van der Waals surface area contributed by atoms with Gasteiger partial charge in [-0.3, -0.25) is 0 Å². The normalized spacial score (nSPS) is 47.7. The summed E-state index contributed by atoms with van der Waals surface area (Å²) in [5.41, 5.74) is 0.902. The molecule has 0 unspecified atom stereocenters. The van der Waals surface area contributed by atoms with E-state index in [1.165, 1.54) is 17.7 Å². The van der Waals surface area contributed by atoms with Crippen LogP contribution in [0.1, 0.15) is 69.1 Å². The Morgan fingerprint density at radius 2 is 2.16 bits per heavy atom. The second-order valence-corrected chi connectivity index (χ2v) is 9.37. The van der Waals surface area contributed by atoms with Crippen LogP contribution in [-0.2, 0) is 16.0 Å². The lowest BCUT2D eigenvalue weighted by atomic mass is 9.45. The van der Waals surface area contributed by atoms with Crippen LogP contribution < -0.4 is 0 Å². The van der Waals surface area contributed by atoms with E-state index in [9.17, 15) is 9.90 Å². The first kappa shape index (κ1) is 15.9. The number of methoxy groups -OCH3 is 1. The van der Waals surface area contributed by atoms with Gasteiger partial charge in [0.2, 0.25) is 0 Å². The van der Waals surface area contributed by atoms with E-state index < -0.39 is 11.6 Å². The molecule has 2 bridgehead atoms. The molecule has 4 aliphatic carbocycles. The number of fused-ring (bicyclic) bond motifs is 5. The van der Waals surface area contributed by atoms with Crippen LogP contribution in [0.5, 0.6) is 0 Å². The van der Waals surface area contributed by atoms with Crippen molar-refractivity contribution in [1.82, 2.24) is 0 Å². The van der Waals surface area contributed by atoms with E-state index in [1.807, 2.05) is 6.26 Å². The third-order valence-corrected chi connectivity index (χ3v) is 8.77. The Hall–Kier alpha value is -1.29. The number of carboxylic acids is 1. The van der Waals surface area contributed by atoms with Gasteiger partial charge in [0.25, 0.3) is 0 Å². The number of furan rings is 1. The minimum Gasteiger partial charge on any atom is -0.479 e. The molecule has 1 aromatic rings. The Bertz CT molecular complexity index is 723. The highest BCUT2D eigenvalue weighted by atomic mass is 16.5. The summed E-state index contributed by atoms with van der Waals surface area (Å²) in [6.07, 6.45) is 10.2. The fraction of sp³-hybridized carbons (Fsp3) is 0.762. The van der Waals surface area contributed by atoms with Crippen molar-refractivity contribution in [2.24, 2.45) is 22.7 Å². The molecule has 4 aliphatic rings. The second kappa shape index (κ2) is 4.91. The van der Waals surface area contributed by atoms with Crippen molar-refractivity contribution in [1.29, 1.82) is 0 Å². The summed E-state index contributed by atoms with van der Waals surface area (Å²) in [6.45, 7) is 2.48. The molecule has 0 radical (unpaired) electrons. The van der Waals surface area contributed by atoms with Crippen LogP contribution in [0.4, 0.5) is 0 Å². The van der Waals surface area contributed by atoms with E-state index in [-0.39, 0.29) is 16.7 Å². The Kier molecular flexibility index (Phi) is 3.13. The van der Waals surface area contributed by atoms with Crippen molar-refractivity contribution in [2.45, 2.75) is 69.8 Å².